The standard InChI is InChI=1S/C22H27NO6/c1-5-21-10-11-23(4)18(22(21,9-6-12-24)29-15(3)26)13-16-7-8-17(28-14(2)25)20(27)19(16)21/h6-9,12,18,27H,5,10-11,13H2,1-4H3/b9-6-. The lowest BCUT2D eigenvalue weighted by atomic mass is 9.53. The van der Waals surface area contributed by atoms with Crippen LogP contribution < -0.4 is 4.74 Å². The van der Waals surface area contributed by atoms with Gasteiger partial charge in [0.05, 0.1) is 6.04 Å². The van der Waals surface area contributed by atoms with Gasteiger partial charge in [0.2, 0.25) is 0 Å². The van der Waals surface area contributed by atoms with Crippen molar-refractivity contribution in [2.75, 3.05) is 13.6 Å². The van der Waals surface area contributed by atoms with Gasteiger partial charge in [0, 0.05) is 24.8 Å². The number of hydrogen-bond acceptors (Lipinski definition) is 7. The maximum atomic E-state index is 12.2. The second-order valence-electron chi connectivity index (χ2n) is 7.81. The molecule has 1 aromatic carbocycles. The highest BCUT2D eigenvalue weighted by Crippen LogP contribution is 2.59. The number of likely N-dealkylation sites (N-methyl/N-ethyl adjacent to an activating group) is 1. The number of hydrogen-bond donors (Lipinski definition) is 1. The lowest BCUT2D eigenvalue weighted by Gasteiger charge is -2.61. The summed E-state index contributed by atoms with van der Waals surface area (Å²) in [6, 6.07) is 3.24. The van der Waals surface area contributed by atoms with Crippen LogP contribution in [0.3, 0.4) is 0 Å². The fourth-order valence-electron chi connectivity index (χ4n) is 5.28. The molecule has 1 aliphatic carbocycles. The van der Waals surface area contributed by atoms with E-state index in [1.807, 2.05) is 20.0 Å². The Morgan fingerprint density at radius 1 is 1.31 bits per heavy atom. The van der Waals surface area contributed by atoms with Crippen LogP contribution in [-0.4, -0.2) is 53.5 Å². The van der Waals surface area contributed by atoms with Crippen LogP contribution in [0.1, 0.15) is 44.7 Å². The topological polar surface area (TPSA) is 93.1 Å². The predicted molar refractivity (Wildman–Crippen MR) is 106 cm³/mol. The van der Waals surface area contributed by atoms with Crippen LogP contribution >= 0.6 is 0 Å². The average molecular weight is 401 g/mol. The lowest BCUT2D eigenvalue weighted by molar-refractivity contribution is -0.179. The molecule has 1 heterocycles. The molecule has 7 nitrogen and oxygen atoms in total. The van der Waals surface area contributed by atoms with Crippen molar-refractivity contribution in [3.05, 3.63) is 35.4 Å². The SMILES string of the molecule is CCC12CCN(C)C(Cc3ccc(OC(C)=O)c(O)c31)C2(/C=C\C=O)OC(C)=O. The molecule has 3 atom stereocenters. The Labute approximate surface area is 170 Å². The van der Waals surface area contributed by atoms with Crippen molar-refractivity contribution in [2.24, 2.45) is 0 Å². The van der Waals surface area contributed by atoms with E-state index in [1.165, 1.54) is 19.9 Å². The molecule has 0 amide bonds. The molecule has 7 heteroatoms. The fraction of sp³-hybridized carbons (Fsp3) is 0.500. The van der Waals surface area contributed by atoms with Crippen molar-refractivity contribution in [3.63, 3.8) is 0 Å². The minimum absolute atomic E-state index is 0.0811. The van der Waals surface area contributed by atoms with Crippen molar-refractivity contribution < 1.29 is 29.0 Å². The zero-order valence-electron chi connectivity index (χ0n) is 17.2. The molecule has 0 aromatic heterocycles. The number of carbonyl (C=O) groups excluding carboxylic acids is 3. The molecule has 1 N–H and O–H groups in total. The summed E-state index contributed by atoms with van der Waals surface area (Å²) in [5.41, 5.74) is -0.372. The molecule has 156 valence electrons. The number of phenolic OH excluding ortho intramolecular Hbond substituents is 1. The number of phenols is 1. The molecule has 3 unspecified atom stereocenters. The molecule has 0 saturated carbocycles. The molecule has 2 bridgehead atoms. The Balaban J connectivity index is 2.35. The summed E-state index contributed by atoms with van der Waals surface area (Å²) in [5, 5.41) is 11.1. The molecule has 1 aliphatic heterocycles. The molecule has 2 aliphatic rings. The van der Waals surface area contributed by atoms with Crippen molar-refractivity contribution in [1.82, 2.24) is 4.90 Å². The minimum Gasteiger partial charge on any atom is -0.504 e. The highest BCUT2D eigenvalue weighted by molar-refractivity contribution is 5.73. The van der Waals surface area contributed by atoms with Gasteiger partial charge in [-0.3, -0.25) is 19.3 Å². The molecule has 3 rings (SSSR count). The van der Waals surface area contributed by atoms with Crippen molar-refractivity contribution in [2.45, 2.75) is 57.1 Å². The molecular formula is C22H27NO6. The largest absolute Gasteiger partial charge is 0.504 e. The zero-order valence-corrected chi connectivity index (χ0v) is 17.2. The number of fused-ring (bicyclic) bond motifs is 4. The first kappa shape index (κ1) is 21.0. The summed E-state index contributed by atoms with van der Waals surface area (Å²) < 4.78 is 11.2. The van der Waals surface area contributed by atoms with Gasteiger partial charge in [0.25, 0.3) is 0 Å². The van der Waals surface area contributed by atoms with E-state index < -0.39 is 23.0 Å². The number of benzene rings is 1. The van der Waals surface area contributed by atoms with E-state index in [4.69, 9.17) is 9.47 Å². The number of allylic oxidation sites excluding steroid dienone is 1. The summed E-state index contributed by atoms with van der Waals surface area (Å²) >= 11 is 0. The third kappa shape index (κ3) is 3.13. The molecule has 1 saturated heterocycles. The number of carbonyl (C=O) groups is 3. The number of likely N-dealkylation sites (tertiary alicyclic amines) is 1. The predicted octanol–water partition coefficient (Wildman–Crippen LogP) is 2.28. The number of aldehydes is 1. The third-order valence-corrected chi connectivity index (χ3v) is 6.38. The highest BCUT2D eigenvalue weighted by atomic mass is 16.6. The molecule has 1 fully saturated rings. The van der Waals surface area contributed by atoms with E-state index in [-0.39, 0.29) is 17.5 Å². The highest BCUT2D eigenvalue weighted by Gasteiger charge is 2.64. The minimum atomic E-state index is -1.14. The van der Waals surface area contributed by atoms with Crippen LogP contribution in [0.2, 0.25) is 0 Å². The van der Waals surface area contributed by atoms with E-state index in [0.29, 0.717) is 31.1 Å². The van der Waals surface area contributed by atoms with E-state index in [2.05, 4.69) is 4.90 Å². The molecule has 0 radical (unpaired) electrons. The molecule has 0 spiro atoms. The van der Waals surface area contributed by atoms with Gasteiger partial charge in [-0.2, -0.15) is 0 Å². The van der Waals surface area contributed by atoms with Crippen LogP contribution in [-0.2, 0) is 31.0 Å². The first-order chi connectivity index (χ1) is 13.7. The number of esters is 2. The van der Waals surface area contributed by atoms with E-state index in [1.54, 1.807) is 12.1 Å². The fourth-order valence-corrected chi connectivity index (χ4v) is 5.28. The van der Waals surface area contributed by atoms with Gasteiger partial charge in [-0.05, 0) is 56.6 Å². The summed E-state index contributed by atoms with van der Waals surface area (Å²) in [5.74, 6) is -1.02. The molecular weight excluding hydrogens is 374 g/mol. The average Bonchev–Trinajstić information content (AvgIpc) is 2.65. The van der Waals surface area contributed by atoms with Gasteiger partial charge in [-0.25, -0.2) is 0 Å². The smallest absolute Gasteiger partial charge is 0.308 e. The van der Waals surface area contributed by atoms with Crippen LogP contribution in [0.25, 0.3) is 0 Å². The van der Waals surface area contributed by atoms with E-state index >= 15 is 0 Å². The maximum Gasteiger partial charge on any atom is 0.308 e. The van der Waals surface area contributed by atoms with E-state index in [9.17, 15) is 19.5 Å². The normalized spacial score (nSPS) is 28.6. The van der Waals surface area contributed by atoms with Crippen LogP contribution in [0.4, 0.5) is 0 Å². The number of rotatable bonds is 5. The van der Waals surface area contributed by atoms with E-state index in [0.717, 1.165) is 12.1 Å². The first-order valence-electron chi connectivity index (χ1n) is 9.79. The monoisotopic (exact) mass is 401 g/mol. The number of piperidine rings is 1. The third-order valence-electron chi connectivity index (χ3n) is 6.38. The number of ether oxygens (including phenoxy) is 2. The van der Waals surface area contributed by atoms with Crippen LogP contribution in [0.5, 0.6) is 11.5 Å². The van der Waals surface area contributed by atoms with Gasteiger partial charge in [0.1, 0.15) is 6.29 Å². The Kier molecular flexibility index (Phi) is 5.54. The van der Waals surface area contributed by atoms with Crippen molar-refractivity contribution in [3.8, 4) is 11.5 Å². The summed E-state index contributed by atoms with van der Waals surface area (Å²) in [6.45, 7) is 5.33. The van der Waals surface area contributed by atoms with Gasteiger partial charge in [0.15, 0.2) is 17.1 Å². The Bertz CT molecular complexity index is 878. The summed E-state index contributed by atoms with van der Waals surface area (Å²) in [6.07, 6.45) is 5.34. The quantitative estimate of drug-likeness (QED) is 0.350. The summed E-state index contributed by atoms with van der Waals surface area (Å²) in [7, 11) is 1.97. The first-order valence-corrected chi connectivity index (χ1v) is 9.79. The Hall–Kier alpha value is -2.67. The van der Waals surface area contributed by atoms with Crippen molar-refractivity contribution >= 4 is 18.2 Å². The maximum absolute atomic E-state index is 12.2. The molecule has 29 heavy (non-hydrogen) atoms. The Morgan fingerprint density at radius 2 is 2.03 bits per heavy atom. The van der Waals surface area contributed by atoms with Gasteiger partial charge in [-0.15, -0.1) is 0 Å². The van der Waals surface area contributed by atoms with Crippen LogP contribution in [0.15, 0.2) is 24.3 Å². The lowest BCUT2D eigenvalue weighted by Crippen LogP contribution is -2.71. The van der Waals surface area contributed by atoms with Gasteiger partial charge in [-0.1, -0.05) is 13.0 Å². The Morgan fingerprint density at radius 3 is 2.62 bits per heavy atom. The second kappa shape index (κ2) is 7.63. The van der Waals surface area contributed by atoms with Gasteiger partial charge < -0.3 is 14.6 Å². The van der Waals surface area contributed by atoms with Crippen LogP contribution in [0, 0.1) is 0 Å². The summed E-state index contributed by atoms with van der Waals surface area (Å²) in [4.78, 5) is 37.0. The van der Waals surface area contributed by atoms with Gasteiger partial charge >= 0.3 is 11.9 Å². The molecule has 1 aromatic rings. The number of aromatic hydroxyl groups is 1. The second-order valence-corrected chi connectivity index (χ2v) is 7.81. The van der Waals surface area contributed by atoms with Crippen molar-refractivity contribution in [1.29, 1.82) is 0 Å². The number of nitrogens with zero attached hydrogens (tertiary/aromatic N) is 1. The zero-order chi connectivity index (χ0) is 21.4.